The van der Waals surface area contributed by atoms with Gasteiger partial charge in [-0.3, -0.25) is 0 Å². The summed E-state index contributed by atoms with van der Waals surface area (Å²) in [6.07, 6.45) is 2.27. The molecule has 25 heavy (non-hydrogen) atoms. The highest BCUT2D eigenvalue weighted by molar-refractivity contribution is 6.03. The van der Waals surface area contributed by atoms with Crippen LogP contribution in [0.2, 0.25) is 0 Å². The summed E-state index contributed by atoms with van der Waals surface area (Å²) in [4.78, 5) is 0. The fraction of sp³-hybridized carbons (Fsp3) is 0.524. The monoisotopic (exact) mass is 342 g/mol. The van der Waals surface area contributed by atoms with Gasteiger partial charge in [0.25, 0.3) is 0 Å². The van der Waals surface area contributed by atoms with Crippen molar-refractivity contribution >= 4 is 22.1 Å². The molecule has 0 fully saturated rings. The molecular formula is C21H30N2O2-2. The Kier molecular flexibility index (Phi) is 5.65. The summed E-state index contributed by atoms with van der Waals surface area (Å²) in [6.45, 7) is 11.9. The average Bonchev–Trinajstić information content (AvgIpc) is 2.65. The second kappa shape index (κ2) is 7.22. The van der Waals surface area contributed by atoms with E-state index in [0.717, 1.165) is 40.2 Å². The van der Waals surface area contributed by atoms with Crippen molar-refractivity contribution in [1.29, 1.82) is 0 Å². The van der Waals surface area contributed by atoms with Crippen LogP contribution in [0.3, 0.4) is 0 Å². The van der Waals surface area contributed by atoms with Crippen molar-refractivity contribution in [2.24, 2.45) is 0 Å². The Morgan fingerprint density at radius 2 is 1.16 bits per heavy atom. The zero-order valence-corrected chi connectivity index (χ0v) is 16.3. The van der Waals surface area contributed by atoms with Crippen LogP contribution in [-0.4, -0.2) is 11.1 Å². The van der Waals surface area contributed by atoms with Crippen molar-refractivity contribution < 1.29 is 0 Å². The maximum absolute atomic E-state index is 13.1. The molecule has 2 aromatic rings. The van der Waals surface area contributed by atoms with Crippen LogP contribution in [0, 0.1) is 10.4 Å². The molecule has 138 valence electrons. The first kappa shape index (κ1) is 19.5. The molecule has 0 heterocycles. The molecule has 2 aromatic carbocycles. The number of fused-ring (bicyclic) bond motifs is 1. The van der Waals surface area contributed by atoms with E-state index in [2.05, 4.69) is 0 Å². The zero-order valence-electron chi connectivity index (χ0n) is 16.3. The summed E-state index contributed by atoms with van der Waals surface area (Å²) in [5, 5.41) is 29.9. The molecule has 0 radical (unpaired) electrons. The fourth-order valence-corrected chi connectivity index (χ4v) is 2.92. The Bertz CT molecular complexity index is 723. The third-order valence-electron chi connectivity index (χ3n) is 5.74. The van der Waals surface area contributed by atoms with Gasteiger partial charge >= 0.3 is 0 Å². The molecule has 0 aliphatic carbocycles. The second-order valence-electron chi connectivity index (χ2n) is 7.61. The van der Waals surface area contributed by atoms with Gasteiger partial charge in [-0.05, 0) is 52.2 Å². The Hall–Kier alpha value is -1.78. The van der Waals surface area contributed by atoms with Crippen molar-refractivity contribution in [3.8, 4) is 0 Å². The normalized spacial score (nSPS) is 12.5. The van der Waals surface area contributed by atoms with E-state index in [0.29, 0.717) is 11.4 Å². The maximum Gasteiger partial charge on any atom is 0.0344 e. The second-order valence-corrected chi connectivity index (χ2v) is 7.61. The standard InChI is InChI=1S/C21H30N2O2/c1-7-20(4,5)22(24)18-14-15-19(17-13-11-10-12-16(17)18)23(25)21(6,8-2)9-3/h10-15H,7-9H2,1-6H3/q-2. The van der Waals surface area contributed by atoms with E-state index in [-0.39, 0.29) is 0 Å². The van der Waals surface area contributed by atoms with Gasteiger partial charge < -0.3 is 20.5 Å². The Morgan fingerprint density at radius 1 is 0.720 bits per heavy atom. The number of anilines is 2. The fourth-order valence-electron chi connectivity index (χ4n) is 2.92. The number of nitrogens with zero attached hydrogens (tertiary/aromatic N) is 2. The van der Waals surface area contributed by atoms with Crippen LogP contribution in [0.4, 0.5) is 11.4 Å². The molecule has 0 aromatic heterocycles. The van der Waals surface area contributed by atoms with Crippen molar-refractivity contribution in [3.63, 3.8) is 0 Å². The first-order valence-corrected chi connectivity index (χ1v) is 9.18. The van der Waals surface area contributed by atoms with Crippen LogP contribution in [0.25, 0.3) is 10.8 Å². The lowest BCUT2D eigenvalue weighted by atomic mass is 9.93. The Morgan fingerprint density at radius 3 is 1.56 bits per heavy atom. The number of hydrogen-bond donors (Lipinski definition) is 0. The minimum atomic E-state index is -0.497. The van der Waals surface area contributed by atoms with Crippen LogP contribution in [-0.2, 0) is 0 Å². The van der Waals surface area contributed by atoms with Crippen LogP contribution in [0.15, 0.2) is 36.4 Å². The van der Waals surface area contributed by atoms with Gasteiger partial charge in [-0.2, -0.15) is 0 Å². The summed E-state index contributed by atoms with van der Waals surface area (Å²) < 4.78 is 0. The molecule has 0 N–H and O–H groups in total. The third-order valence-corrected chi connectivity index (χ3v) is 5.74. The molecule has 0 spiro atoms. The maximum atomic E-state index is 13.1. The van der Waals surface area contributed by atoms with Gasteiger partial charge in [-0.25, -0.2) is 0 Å². The average molecular weight is 342 g/mol. The lowest BCUT2D eigenvalue weighted by Gasteiger charge is -2.49. The molecular weight excluding hydrogens is 312 g/mol. The number of rotatable bonds is 7. The van der Waals surface area contributed by atoms with E-state index in [4.69, 9.17) is 0 Å². The van der Waals surface area contributed by atoms with Gasteiger partial charge in [0.2, 0.25) is 0 Å². The zero-order chi connectivity index (χ0) is 18.8. The van der Waals surface area contributed by atoms with Crippen molar-refractivity contribution in [3.05, 3.63) is 46.8 Å². The molecule has 0 saturated heterocycles. The van der Waals surface area contributed by atoms with E-state index >= 15 is 0 Å². The lowest BCUT2D eigenvalue weighted by Crippen LogP contribution is -2.42. The minimum Gasteiger partial charge on any atom is -0.758 e. The third kappa shape index (κ3) is 3.46. The highest BCUT2D eigenvalue weighted by atomic mass is 16.5. The number of hydrogen-bond acceptors (Lipinski definition) is 4. The molecule has 0 saturated carbocycles. The van der Waals surface area contributed by atoms with Gasteiger partial charge in [0, 0.05) is 33.2 Å². The van der Waals surface area contributed by atoms with Gasteiger partial charge in [0.15, 0.2) is 0 Å². The van der Waals surface area contributed by atoms with E-state index in [9.17, 15) is 10.4 Å². The molecule has 4 nitrogen and oxygen atoms in total. The van der Waals surface area contributed by atoms with E-state index in [1.807, 2.05) is 65.8 Å². The van der Waals surface area contributed by atoms with Crippen molar-refractivity contribution in [1.82, 2.24) is 0 Å². The van der Waals surface area contributed by atoms with Gasteiger partial charge in [0.05, 0.1) is 0 Å². The highest BCUT2D eigenvalue weighted by Crippen LogP contribution is 2.39. The predicted molar refractivity (Wildman–Crippen MR) is 109 cm³/mol. The largest absolute Gasteiger partial charge is 0.758 e. The Labute approximate surface area is 151 Å². The van der Waals surface area contributed by atoms with Crippen LogP contribution < -0.4 is 10.1 Å². The molecule has 0 aliphatic rings. The van der Waals surface area contributed by atoms with Crippen molar-refractivity contribution in [2.75, 3.05) is 10.1 Å². The van der Waals surface area contributed by atoms with Crippen LogP contribution in [0.5, 0.6) is 0 Å². The molecule has 4 heteroatoms. The van der Waals surface area contributed by atoms with E-state index < -0.39 is 11.1 Å². The van der Waals surface area contributed by atoms with Crippen LogP contribution in [0.1, 0.15) is 60.8 Å². The smallest absolute Gasteiger partial charge is 0.0344 e. The van der Waals surface area contributed by atoms with Gasteiger partial charge in [-0.1, -0.05) is 45.0 Å². The molecule has 0 bridgehead atoms. The first-order chi connectivity index (χ1) is 11.7. The highest BCUT2D eigenvalue weighted by Gasteiger charge is 2.24. The minimum absolute atomic E-state index is 0.454. The molecule has 0 atom stereocenters. The summed E-state index contributed by atoms with van der Waals surface area (Å²) in [7, 11) is 0. The summed E-state index contributed by atoms with van der Waals surface area (Å²) >= 11 is 0. The van der Waals surface area contributed by atoms with E-state index in [1.54, 1.807) is 12.1 Å². The summed E-state index contributed by atoms with van der Waals surface area (Å²) in [5.74, 6) is 0. The number of hydroxylamine groups is 2. The number of benzene rings is 2. The summed E-state index contributed by atoms with van der Waals surface area (Å²) in [5.41, 5.74) is 0.301. The first-order valence-electron chi connectivity index (χ1n) is 9.18. The molecule has 0 unspecified atom stereocenters. The molecule has 2 rings (SSSR count). The lowest BCUT2D eigenvalue weighted by molar-refractivity contribution is 0.426. The van der Waals surface area contributed by atoms with Crippen molar-refractivity contribution in [2.45, 2.75) is 71.9 Å². The SMILES string of the molecule is CCC(C)(C)N([O-])c1ccc(N([O-])C(C)(CC)CC)c2ccccc12. The van der Waals surface area contributed by atoms with Gasteiger partial charge in [-0.15, -0.1) is 0 Å². The Balaban J connectivity index is 2.64. The van der Waals surface area contributed by atoms with Gasteiger partial charge in [0.1, 0.15) is 0 Å². The van der Waals surface area contributed by atoms with E-state index in [1.165, 1.54) is 0 Å². The quantitative estimate of drug-likeness (QED) is 0.561. The molecule has 0 aliphatic heterocycles. The predicted octanol–water partition coefficient (Wildman–Crippen LogP) is 6.22. The van der Waals surface area contributed by atoms with Crippen LogP contribution >= 0.6 is 0 Å². The molecule has 0 amide bonds. The summed E-state index contributed by atoms with van der Waals surface area (Å²) in [6, 6.07) is 11.3. The topological polar surface area (TPSA) is 52.6 Å².